The summed E-state index contributed by atoms with van der Waals surface area (Å²) in [5.41, 5.74) is 2.16. The van der Waals surface area contributed by atoms with Crippen molar-refractivity contribution in [1.29, 1.82) is 0 Å². The first-order chi connectivity index (χ1) is 11.9. The summed E-state index contributed by atoms with van der Waals surface area (Å²) in [6.07, 6.45) is 0.668. The molecular formula is C17H17ClN2O4S. The quantitative estimate of drug-likeness (QED) is 0.865. The van der Waals surface area contributed by atoms with Crippen LogP contribution in [0.5, 0.6) is 0 Å². The van der Waals surface area contributed by atoms with Gasteiger partial charge >= 0.3 is 0 Å². The number of nitrogens with one attached hydrogen (secondary N) is 1. The van der Waals surface area contributed by atoms with Crippen molar-refractivity contribution in [1.82, 2.24) is 0 Å². The third-order valence-corrected chi connectivity index (χ3v) is 5.57. The highest BCUT2D eigenvalue weighted by atomic mass is 35.5. The Labute approximate surface area is 151 Å². The molecule has 1 heterocycles. The molecule has 0 saturated heterocycles. The van der Waals surface area contributed by atoms with E-state index in [4.69, 9.17) is 16.3 Å². The number of nitrogens with zero attached hydrogens (tertiary/aromatic N) is 1. The number of halogens is 1. The van der Waals surface area contributed by atoms with Crippen LogP contribution >= 0.6 is 11.6 Å². The van der Waals surface area contributed by atoms with Gasteiger partial charge in [-0.25, -0.2) is 8.42 Å². The number of anilines is 2. The van der Waals surface area contributed by atoms with Crippen LogP contribution in [0.1, 0.15) is 5.56 Å². The molecule has 6 nitrogen and oxygen atoms in total. The molecule has 0 radical (unpaired) electrons. The van der Waals surface area contributed by atoms with Gasteiger partial charge in [0, 0.05) is 30.1 Å². The molecule has 1 aliphatic heterocycles. The minimum Gasteiger partial charge on any atom is -0.375 e. The van der Waals surface area contributed by atoms with Crippen molar-refractivity contribution >= 4 is 38.9 Å². The number of benzene rings is 2. The van der Waals surface area contributed by atoms with Crippen LogP contribution in [-0.2, 0) is 26.0 Å². The zero-order chi connectivity index (χ0) is 18.0. The van der Waals surface area contributed by atoms with Crippen LogP contribution in [0.4, 0.5) is 11.4 Å². The van der Waals surface area contributed by atoms with Crippen LogP contribution in [0.2, 0.25) is 5.02 Å². The smallest absolute Gasteiger partial charge is 0.261 e. The van der Waals surface area contributed by atoms with E-state index in [2.05, 4.69) is 4.72 Å². The summed E-state index contributed by atoms with van der Waals surface area (Å²) in [6, 6.07) is 11.1. The third-order valence-electron chi connectivity index (χ3n) is 3.92. The second kappa shape index (κ2) is 7.03. The summed E-state index contributed by atoms with van der Waals surface area (Å²) in [4.78, 5) is 13.8. The lowest BCUT2D eigenvalue weighted by molar-refractivity contribution is -0.122. The molecule has 0 spiro atoms. The van der Waals surface area contributed by atoms with Gasteiger partial charge in [-0.05, 0) is 54.4 Å². The van der Waals surface area contributed by atoms with E-state index in [1.807, 2.05) is 0 Å². The summed E-state index contributed by atoms with van der Waals surface area (Å²) < 4.78 is 32.3. The second-order valence-corrected chi connectivity index (χ2v) is 7.75. The largest absolute Gasteiger partial charge is 0.375 e. The molecule has 1 N–H and O–H groups in total. The Morgan fingerprint density at radius 2 is 1.96 bits per heavy atom. The number of carbonyl (C=O) groups excluding carboxylic acids is 1. The van der Waals surface area contributed by atoms with Gasteiger partial charge in [-0.3, -0.25) is 9.52 Å². The standard InChI is InChI=1S/C17H17ClN2O4S/c1-24-11-17(21)20-9-8-12-10-14(4-7-16(12)20)19-25(22,23)15-5-2-13(18)3-6-15/h2-7,10,19H,8-9,11H2,1H3. The van der Waals surface area contributed by atoms with E-state index in [1.165, 1.54) is 31.4 Å². The molecular weight excluding hydrogens is 364 g/mol. The van der Waals surface area contributed by atoms with Crippen LogP contribution in [0, 0.1) is 0 Å². The van der Waals surface area contributed by atoms with Gasteiger partial charge in [-0.1, -0.05) is 11.6 Å². The highest BCUT2D eigenvalue weighted by molar-refractivity contribution is 7.92. The fraction of sp³-hybridized carbons (Fsp3) is 0.235. The van der Waals surface area contributed by atoms with Crippen molar-refractivity contribution in [2.75, 3.05) is 29.9 Å². The molecule has 2 aromatic carbocycles. The zero-order valence-corrected chi connectivity index (χ0v) is 15.1. The lowest BCUT2D eigenvalue weighted by Gasteiger charge is -2.17. The highest BCUT2D eigenvalue weighted by Gasteiger charge is 2.25. The lowest BCUT2D eigenvalue weighted by Crippen LogP contribution is -2.31. The molecule has 0 bridgehead atoms. The van der Waals surface area contributed by atoms with Crippen LogP contribution in [-0.4, -0.2) is 34.6 Å². The fourth-order valence-electron chi connectivity index (χ4n) is 2.75. The Morgan fingerprint density at radius 3 is 2.64 bits per heavy atom. The highest BCUT2D eigenvalue weighted by Crippen LogP contribution is 2.31. The second-order valence-electron chi connectivity index (χ2n) is 5.63. The number of carbonyl (C=O) groups is 1. The summed E-state index contributed by atoms with van der Waals surface area (Å²) in [5.74, 6) is -0.115. The molecule has 1 aliphatic rings. The Balaban J connectivity index is 1.81. The van der Waals surface area contributed by atoms with Gasteiger partial charge in [0.2, 0.25) is 0 Å². The first-order valence-corrected chi connectivity index (χ1v) is 9.47. The van der Waals surface area contributed by atoms with Gasteiger partial charge in [0.05, 0.1) is 4.90 Å². The molecule has 132 valence electrons. The number of hydrogen-bond donors (Lipinski definition) is 1. The van der Waals surface area contributed by atoms with Gasteiger partial charge in [0.1, 0.15) is 6.61 Å². The number of rotatable bonds is 5. The van der Waals surface area contributed by atoms with E-state index < -0.39 is 10.0 Å². The predicted molar refractivity (Wildman–Crippen MR) is 96.6 cm³/mol. The first kappa shape index (κ1) is 17.7. The average molecular weight is 381 g/mol. The maximum Gasteiger partial charge on any atom is 0.261 e. The zero-order valence-electron chi connectivity index (χ0n) is 13.5. The third kappa shape index (κ3) is 3.78. The van der Waals surface area contributed by atoms with E-state index in [1.54, 1.807) is 23.1 Å². The predicted octanol–water partition coefficient (Wildman–Crippen LogP) is 2.68. The molecule has 1 amide bonds. The Hall–Kier alpha value is -2.09. The van der Waals surface area contributed by atoms with E-state index in [9.17, 15) is 13.2 Å². The Bertz CT molecular complexity index is 897. The van der Waals surface area contributed by atoms with Crippen molar-refractivity contribution in [2.45, 2.75) is 11.3 Å². The minimum absolute atomic E-state index is 0.0182. The summed E-state index contributed by atoms with van der Waals surface area (Å²) in [7, 11) is -2.22. The van der Waals surface area contributed by atoms with Crippen LogP contribution < -0.4 is 9.62 Å². The Kier molecular flexibility index (Phi) is 4.99. The van der Waals surface area contributed by atoms with E-state index in [0.29, 0.717) is 23.7 Å². The summed E-state index contributed by atoms with van der Waals surface area (Å²) in [6.45, 7) is 0.579. The molecule has 0 unspecified atom stereocenters. The van der Waals surface area contributed by atoms with E-state index in [0.717, 1.165) is 11.3 Å². The van der Waals surface area contributed by atoms with Gasteiger partial charge in [-0.15, -0.1) is 0 Å². The lowest BCUT2D eigenvalue weighted by atomic mass is 10.1. The van der Waals surface area contributed by atoms with Gasteiger partial charge in [-0.2, -0.15) is 0 Å². The Morgan fingerprint density at radius 1 is 1.24 bits per heavy atom. The van der Waals surface area contributed by atoms with E-state index >= 15 is 0 Å². The van der Waals surface area contributed by atoms with Gasteiger partial charge in [0.25, 0.3) is 15.9 Å². The number of methoxy groups -OCH3 is 1. The van der Waals surface area contributed by atoms with Crippen LogP contribution in [0.3, 0.4) is 0 Å². The van der Waals surface area contributed by atoms with E-state index in [-0.39, 0.29) is 17.4 Å². The molecule has 0 aromatic heterocycles. The van der Waals surface area contributed by atoms with Crippen molar-refractivity contribution in [3.05, 3.63) is 53.1 Å². The molecule has 8 heteroatoms. The fourth-order valence-corrected chi connectivity index (χ4v) is 3.93. The summed E-state index contributed by atoms with van der Waals surface area (Å²) >= 11 is 5.79. The first-order valence-electron chi connectivity index (χ1n) is 7.61. The minimum atomic E-state index is -3.70. The monoisotopic (exact) mass is 380 g/mol. The van der Waals surface area contributed by atoms with Crippen molar-refractivity contribution in [2.24, 2.45) is 0 Å². The normalized spacial score (nSPS) is 13.6. The number of fused-ring (bicyclic) bond motifs is 1. The average Bonchev–Trinajstić information content (AvgIpc) is 2.98. The number of hydrogen-bond acceptors (Lipinski definition) is 4. The topological polar surface area (TPSA) is 75.7 Å². The summed E-state index contributed by atoms with van der Waals surface area (Å²) in [5, 5.41) is 0.470. The SMILES string of the molecule is COCC(=O)N1CCc2cc(NS(=O)(=O)c3ccc(Cl)cc3)ccc21. The van der Waals surface area contributed by atoms with Crippen LogP contribution in [0.25, 0.3) is 0 Å². The number of sulfonamides is 1. The van der Waals surface area contributed by atoms with Gasteiger partial charge in [0.15, 0.2) is 0 Å². The molecule has 0 fully saturated rings. The number of amides is 1. The molecule has 25 heavy (non-hydrogen) atoms. The molecule has 0 atom stereocenters. The number of ether oxygens (including phenoxy) is 1. The van der Waals surface area contributed by atoms with Crippen LogP contribution in [0.15, 0.2) is 47.4 Å². The molecule has 0 aliphatic carbocycles. The molecule has 2 aromatic rings. The van der Waals surface area contributed by atoms with Crippen molar-refractivity contribution in [3.8, 4) is 0 Å². The maximum absolute atomic E-state index is 12.4. The van der Waals surface area contributed by atoms with Crippen molar-refractivity contribution in [3.63, 3.8) is 0 Å². The van der Waals surface area contributed by atoms with Crippen molar-refractivity contribution < 1.29 is 17.9 Å². The molecule has 0 saturated carbocycles. The van der Waals surface area contributed by atoms with Gasteiger partial charge < -0.3 is 9.64 Å². The molecule has 3 rings (SSSR count). The maximum atomic E-state index is 12.4.